The molecule has 2 aromatic heterocycles. The van der Waals surface area contributed by atoms with Gasteiger partial charge in [-0.1, -0.05) is 29.4 Å². The lowest BCUT2D eigenvalue weighted by Gasteiger charge is -2.28. The highest BCUT2D eigenvalue weighted by Crippen LogP contribution is 2.37. The fourth-order valence-corrected chi connectivity index (χ4v) is 4.41. The van der Waals surface area contributed by atoms with Crippen LogP contribution in [0.25, 0.3) is 5.70 Å². The lowest BCUT2D eigenvalue weighted by atomic mass is 10.0. The minimum atomic E-state index is -0.997. The first-order chi connectivity index (χ1) is 14.8. The summed E-state index contributed by atoms with van der Waals surface area (Å²) in [5.41, 5.74) is 2.19. The molecule has 3 heterocycles. The van der Waals surface area contributed by atoms with E-state index in [-0.39, 0.29) is 0 Å². The topological polar surface area (TPSA) is 61.6 Å². The van der Waals surface area contributed by atoms with E-state index < -0.39 is 5.60 Å². The fourth-order valence-electron chi connectivity index (χ4n) is 3.21. The Morgan fingerprint density at radius 2 is 1.81 bits per heavy atom. The number of benzene rings is 1. The normalized spacial score (nSPS) is 14.6. The fraction of sp³-hybridized carbons (Fsp3) is 0.208. The molecule has 0 saturated heterocycles. The zero-order valence-corrected chi connectivity index (χ0v) is 19.2. The van der Waals surface area contributed by atoms with Gasteiger partial charge in [0, 0.05) is 39.8 Å². The van der Waals surface area contributed by atoms with Gasteiger partial charge in [-0.25, -0.2) is 4.99 Å². The van der Waals surface area contributed by atoms with E-state index in [2.05, 4.69) is 14.9 Å². The average Bonchev–Trinajstić information content (AvgIpc) is 2.76. The summed E-state index contributed by atoms with van der Waals surface area (Å²) in [5, 5.41) is 11.0. The third-order valence-electron chi connectivity index (χ3n) is 4.84. The standard InChI is InChI=1S/C24H23ClN4OS/c1-24(2,30)21-12-7-16(14-27-21)22-20(31-18-10-8-17(25)9-11-18)15-29(3)23(28-22)19-6-4-5-13-26-19/h4-14,30H,15H2,1-3H3. The number of likely N-dealkylation sites (N-methyl/N-ethyl adjacent to an activating group) is 1. The van der Waals surface area contributed by atoms with Crippen LogP contribution in [0.1, 0.15) is 30.8 Å². The van der Waals surface area contributed by atoms with E-state index in [0.29, 0.717) is 17.3 Å². The van der Waals surface area contributed by atoms with Crippen LogP contribution >= 0.6 is 23.4 Å². The van der Waals surface area contributed by atoms with E-state index in [0.717, 1.165) is 32.6 Å². The quantitative estimate of drug-likeness (QED) is 0.578. The van der Waals surface area contributed by atoms with Crippen molar-refractivity contribution < 1.29 is 5.11 Å². The Morgan fingerprint density at radius 3 is 2.42 bits per heavy atom. The van der Waals surface area contributed by atoms with Crippen molar-refractivity contribution >= 4 is 34.9 Å². The zero-order valence-electron chi connectivity index (χ0n) is 17.6. The smallest absolute Gasteiger partial charge is 0.155 e. The van der Waals surface area contributed by atoms with Crippen molar-refractivity contribution in [1.82, 2.24) is 14.9 Å². The van der Waals surface area contributed by atoms with Crippen molar-refractivity contribution in [2.45, 2.75) is 24.3 Å². The van der Waals surface area contributed by atoms with Gasteiger partial charge >= 0.3 is 0 Å². The van der Waals surface area contributed by atoms with Crippen molar-refractivity contribution in [1.29, 1.82) is 0 Å². The van der Waals surface area contributed by atoms with Gasteiger partial charge in [-0.05, 0) is 62.4 Å². The molecule has 7 heteroatoms. The molecule has 0 spiro atoms. The summed E-state index contributed by atoms with van der Waals surface area (Å²) < 4.78 is 0. The maximum Gasteiger partial charge on any atom is 0.155 e. The number of nitrogens with zero attached hydrogens (tertiary/aromatic N) is 4. The molecule has 0 bridgehead atoms. The van der Waals surface area contributed by atoms with Gasteiger partial charge in [0.2, 0.25) is 0 Å². The number of hydrogen-bond acceptors (Lipinski definition) is 6. The molecule has 0 amide bonds. The molecule has 1 aromatic carbocycles. The summed E-state index contributed by atoms with van der Waals surface area (Å²) in [7, 11) is 2.02. The number of aliphatic hydroxyl groups is 1. The van der Waals surface area contributed by atoms with Crippen LogP contribution in [-0.2, 0) is 5.60 Å². The van der Waals surface area contributed by atoms with Crippen LogP contribution in [0.2, 0.25) is 5.02 Å². The van der Waals surface area contributed by atoms with E-state index in [1.54, 1.807) is 38.0 Å². The lowest BCUT2D eigenvalue weighted by molar-refractivity contribution is 0.0738. The average molecular weight is 451 g/mol. The first-order valence-corrected chi connectivity index (χ1v) is 11.1. The summed E-state index contributed by atoms with van der Waals surface area (Å²) in [4.78, 5) is 18.3. The molecule has 31 heavy (non-hydrogen) atoms. The van der Waals surface area contributed by atoms with Gasteiger partial charge < -0.3 is 10.0 Å². The van der Waals surface area contributed by atoms with Crippen molar-refractivity contribution in [3.63, 3.8) is 0 Å². The Kier molecular flexibility index (Phi) is 6.14. The molecule has 1 aliphatic heterocycles. The number of thioether (sulfide) groups is 1. The molecule has 0 unspecified atom stereocenters. The van der Waals surface area contributed by atoms with Gasteiger partial charge in [0.15, 0.2) is 5.84 Å². The predicted molar refractivity (Wildman–Crippen MR) is 127 cm³/mol. The SMILES string of the molecule is CN1CC(Sc2ccc(Cl)cc2)=C(c2ccc(C(C)(C)O)nc2)N=C1c1ccccn1. The van der Waals surface area contributed by atoms with Crippen LogP contribution < -0.4 is 0 Å². The molecule has 0 saturated carbocycles. The summed E-state index contributed by atoms with van der Waals surface area (Å²) in [6, 6.07) is 17.4. The molecule has 4 rings (SSSR count). The molecule has 5 nitrogen and oxygen atoms in total. The number of hydrogen-bond donors (Lipinski definition) is 1. The van der Waals surface area contributed by atoms with Crippen LogP contribution in [0.3, 0.4) is 0 Å². The number of aromatic nitrogens is 2. The molecule has 1 N–H and O–H groups in total. The van der Waals surface area contributed by atoms with Crippen molar-refractivity contribution in [2.24, 2.45) is 4.99 Å². The van der Waals surface area contributed by atoms with Gasteiger partial charge in [0.1, 0.15) is 11.3 Å². The molecule has 0 aliphatic carbocycles. The largest absolute Gasteiger partial charge is 0.384 e. The first-order valence-electron chi connectivity index (χ1n) is 9.88. The Balaban J connectivity index is 1.80. The number of halogens is 1. The third-order valence-corrected chi connectivity index (χ3v) is 6.17. The second-order valence-corrected chi connectivity index (χ2v) is 9.43. The molecule has 0 radical (unpaired) electrons. The van der Waals surface area contributed by atoms with Crippen LogP contribution in [0.5, 0.6) is 0 Å². The Bertz CT molecular complexity index is 1120. The molecule has 1 aliphatic rings. The van der Waals surface area contributed by atoms with Crippen molar-refractivity contribution in [3.05, 3.63) is 93.9 Å². The summed E-state index contributed by atoms with van der Waals surface area (Å²) in [6.45, 7) is 4.14. The number of pyridine rings is 2. The monoisotopic (exact) mass is 450 g/mol. The van der Waals surface area contributed by atoms with Crippen LogP contribution in [0, 0.1) is 0 Å². The van der Waals surface area contributed by atoms with E-state index in [1.807, 2.05) is 61.6 Å². The van der Waals surface area contributed by atoms with Gasteiger partial charge in [-0.2, -0.15) is 0 Å². The molecule has 158 valence electrons. The minimum absolute atomic E-state index is 0.616. The van der Waals surface area contributed by atoms with Crippen molar-refractivity contribution in [3.8, 4) is 0 Å². The summed E-state index contributed by atoms with van der Waals surface area (Å²) in [5.74, 6) is 0.808. The Hall–Kier alpha value is -2.67. The first kappa shape index (κ1) is 21.6. The summed E-state index contributed by atoms with van der Waals surface area (Å²) >= 11 is 7.72. The van der Waals surface area contributed by atoms with Crippen LogP contribution in [0.15, 0.2) is 81.8 Å². The molecular formula is C24H23ClN4OS. The molecule has 0 fully saturated rings. The second kappa shape index (κ2) is 8.83. The van der Waals surface area contributed by atoms with Gasteiger partial charge in [0.25, 0.3) is 0 Å². The van der Waals surface area contributed by atoms with E-state index in [9.17, 15) is 5.11 Å². The number of aliphatic imine (C=N–C) groups is 1. The highest BCUT2D eigenvalue weighted by Gasteiger charge is 2.24. The van der Waals surface area contributed by atoms with Gasteiger partial charge in [-0.15, -0.1) is 0 Å². The Labute approximate surface area is 191 Å². The molecule has 0 atom stereocenters. The lowest BCUT2D eigenvalue weighted by Crippen LogP contribution is -2.33. The van der Waals surface area contributed by atoms with Gasteiger partial charge in [-0.3, -0.25) is 9.97 Å². The van der Waals surface area contributed by atoms with Crippen molar-refractivity contribution in [2.75, 3.05) is 13.6 Å². The van der Waals surface area contributed by atoms with E-state index in [4.69, 9.17) is 16.6 Å². The number of rotatable bonds is 5. The highest BCUT2D eigenvalue weighted by atomic mass is 35.5. The van der Waals surface area contributed by atoms with E-state index >= 15 is 0 Å². The highest BCUT2D eigenvalue weighted by molar-refractivity contribution is 8.03. The van der Waals surface area contributed by atoms with Crippen LogP contribution in [0.4, 0.5) is 0 Å². The summed E-state index contributed by atoms with van der Waals surface area (Å²) in [6.07, 6.45) is 3.54. The minimum Gasteiger partial charge on any atom is -0.384 e. The van der Waals surface area contributed by atoms with E-state index in [1.165, 1.54) is 0 Å². The molecular weight excluding hydrogens is 428 g/mol. The Morgan fingerprint density at radius 1 is 1.03 bits per heavy atom. The maximum atomic E-state index is 10.3. The zero-order chi connectivity index (χ0) is 22.0. The number of amidine groups is 1. The molecule has 3 aromatic rings. The van der Waals surface area contributed by atoms with Gasteiger partial charge in [0.05, 0.1) is 17.9 Å². The van der Waals surface area contributed by atoms with Crippen LogP contribution in [-0.4, -0.2) is 39.4 Å². The second-order valence-electron chi connectivity index (χ2n) is 7.83. The third kappa shape index (κ3) is 4.98. The maximum absolute atomic E-state index is 10.3. The predicted octanol–water partition coefficient (Wildman–Crippen LogP) is 5.21.